The summed E-state index contributed by atoms with van der Waals surface area (Å²) in [5.41, 5.74) is 1.63. The van der Waals surface area contributed by atoms with Gasteiger partial charge in [0.2, 0.25) is 10.0 Å². The van der Waals surface area contributed by atoms with E-state index in [1.165, 1.54) is 0 Å². The molecule has 1 atom stereocenters. The molecule has 24 heavy (non-hydrogen) atoms. The summed E-state index contributed by atoms with van der Waals surface area (Å²) in [6, 6.07) is 13.3. The van der Waals surface area contributed by atoms with Crippen LogP contribution in [0, 0.1) is 0 Å². The highest BCUT2D eigenvalue weighted by atomic mass is 32.2. The number of sulfonamides is 1. The number of amides is 1. The number of benzene rings is 2. The number of methoxy groups -OCH3 is 1. The lowest BCUT2D eigenvalue weighted by molar-refractivity contribution is 0.0940. The average Bonchev–Trinajstić information content (AvgIpc) is 2.53. The molecule has 0 radical (unpaired) electrons. The van der Waals surface area contributed by atoms with Crippen LogP contribution >= 0.6 is 0 Å². The van der Waals surface area contributed by atoms with E-state index in [1.807, 2.05) is 0 Å². The van der Waals surface area contributed by atoms with Gasteiger partial charge in [-0.05, 0) is 42.8 Å². The van der Waals surface area contributed by atoms with Crippen LogP contribution in [0.4, 0.5) is 5.69 Å². The van der Waals surface area contributed by atoms with Gasteiger partial charge in [0.1, 0.15) is 5.75 Å². The molecule has 2 rings (SSSR count). The van der Waals surface area contributed by atoms with Crippen molar-refractivity contribution in [1.82, 2.24) is 5.32 Å². The maximum Gasteiger partial charge on any atom is 0.251 e. The van der Waals surface area contributed by atoms with Crippen LogP contribution in [0.15, 0.2) is 48.5 Å². The number of para-hydroxylation sites is 1. The molecule has 0 heterocycles. The smallest absolute Gasteiger partial charge is 0.251 e. The summed E-state index contributed by atoms with van der Waals surface area (Å²) >= 11 is 0. The maximum atomic E-state index is 12.3. The topological polar surface area (TPSA) is 84.5 Å². The second kappa shape index (κ2) is 7.35. The van der Waals surface area contributed by atoms with Crippen molar-refractivity contribution in [2.75, 3.05) is 18.1 Å². The summed E-state index contributed by atoms with van der Waals surface area (Å²) in [6.45, 7) is 1.80. The molecule has 0 aliphatic carbocycles. The average molecular weight is 348 g/mol. The molecule has 7 heteroatoms. The lowest BCUT2D eigenvalue weighted by Crippen LogP contribution is -2.27. The van der Waals surface area contributed by atoms with Gasteiger partial charge in [-0.1, -0.05) is 18.2 Å². The number of carbonyl (C=O) groups excluding carboxylic acids is 1. The van der Waals surface area contributed by atoms with Gasteiger partial charge in [0.05, 0.1) is 25.1 Å². The molecule has 128 valence electrons. The number of anilines is 1. The van der Waals surface area contributed by atoms with E-state index in [-0.39, 0.29) is 11.9 Å². The summed E-state index contributed by atoms with van der Waals surface area (Å²) in [7, 11) is -1.84. The molecule has 6 nitrogen and oxygen atoms in total. The van der Waals surface area contributed by atoms with Crippen molar-refractivity contribution in [2.45, 2.75) is 13.0 Å². The van der Waals surface area contributed by atoms with Gasteiger partial charge in [0.25, 0.3) is 5.91 Å². The highest BCUT2D eigenvalue weighted by Gasteiger charge is 2.16. The highest BCUT2D eigenvalue weighted by molar-refractivity contribution is 7.92. The first kappa shape index (κ1) is 17.8. The minimum Gasteiger partial charge on any atom is -0.497 e. The Kier molecular flexibility index (Phi) is 5.46. The van der Waals surface area contributed by atoms with Gasteiger partial charge in [-0.25, -0.2) is 8.42 Å². The lowest BCUT2D eigenvalue weighted by Gasteiger charge is -2.18. The van der Waals surface area contributed by atoms with Crippen molar-refractivity contribution in [3.63, 3.8) is 0 Å². The van der Waals surface area contributed by atoms with Crippen LogP contribution in [0.3, 0.4) is 0 Å². The maximum absolute atomic E-state index is 12.3. The van der Waals surface area contributed by atoms with Crippen molar-refractivity contribution in [3.05, 3.63) is 59.7 Å². The SMILES string of the molecule is COc1ccc(C(=O)N[C@@H](C)c2ccccc2NS(C)(=O)=O)cc1. The van der Waals surface area contributed by atoms with Crippen LogP contribution in [0.5, 0.6) is 5.75 Å². The molecule has 1 amide bonds. The van der Waals surface area contributed by atoms with Crippen LogP contribution in [0.1, 0.15) is 28.9 Å². The van der Waals surface area contributed by atoms with E-state index in [0.717, 1.165) is 6.26 Å². The third kappa shape index (κ3) is 4.73. The van der Waals surface area contributed by atoms with Gasteiger partial charge in [-0.3, -0.25) is 9.52 Å². The molecule has 0 aromatic heterocycles. The highest BCUT2D eigenvalue weighted by Crippen LogP contribution is 2.23. The zero-order valence-corrected chi connectivity index (χ0v) is 14.6. The normalized spacial score (nSPS) is 12.3. The lowest BCUT2D eigenvalue weighted by atomic mass is 10.1. The number of carbonyl (C=O) groups is 1. The third-order valence-corrected chi connectivity index (χ3v) is 4.01. The van der Waals surface area contributed by atoms with Crippen LogP contribution in [-0.4, -0.2) is 27.7 Å². The Balaban J connectivity index is 2.17. The van der Waals surface area contributed by atoms with E-state index in [4.69, 9.17) is 4.74 Å². The van der Waals surface area contributed by atoms with E-state index < -0.39 is 10.0 Å². The Morgan fingerprint density at radius 2 is 1.71 bits per heavy atom. The van der Waals surface area contributed by atoms with Crippen LogP contribution in [0.2, 0.25) is 0 Å². The van der Waals surface area contributed by atoms with E-state index in [0.29, 0.717) is 22.6 Å². The third-order valence-electron chi connectivity index (χ3n) is 3.42. The van der Waals surface area contributed by atoms with Gasteiger partial charge < -0.3 is 10.1 Å². The number of ether oxygens (including phenoxy) is 1. The van der Waals surface area contributed by atoms with Gasteiger partial charge in [-0.15, -0.1) is 0 Å². The first-order valence-electron chi connectivity index (χ1n) is 7.32. The molecule has 0 aliphatic rings. The summed E-state index contributed by atoms with van der Waals surface area (Å²) in [5, 5.41) is 2.86. The number of hydrogen-bond acceptors (Lipinski definition) is 4. The van der Waals surface area contributed by atoms with E-state index in [2.05, 4.69) is 10.0 Å². The molecule has 0 saturated carbocycles. The predicted octanol–water partition coefficient (Wildman–Crippen LogP) is 2.56. The summed E-state index contributed by atoms with van der Waals surface area (Å²) in [6.07, 6.45) is 1.09. The van der Waals surface area contributed by atoms with Gasteiger partial charge in [0, 0.05) is 5.56 Å². The largest absolute Gasteiger partial charge is 0.497 e. The Morgan fingerprint density at radius 1 is 1.08 bits per heavy atom. The quantitative estimate of drug-likeness (QED) is 0.840. The predicted molar refractivity (Wildman–Crippen MR) is 93.8 cm³/mol. The summed E-state index contributed by atoms with van der Waals surface area (Å²) < 4.78 is 30.5. The van der Waals surface area contributed by atoms with Gasteiger partial charge >= 0.3 is 0 Å². The van der Waals surface area contributed by atoms with E-state index in [1.54, 1.807) is 62.6 Å². The zero-order chi connectivity index (χ0) is 17.7. The number of hydrogen-bond donors (Lipinski definition) is 2. The summed E-state index contributed by atoms with van der Waals surface area (Å²) in [5.74, 6) is 0.418. The van der Waals surface area contributed by atoms with E-state index >= 15 is 0 Å². The van der Waals surface area contributed by atoms with Crippen molar-refractivity contribution >= 4 is 21.6 Å². The van der Waals surface area contributed by atoms with Crippen molar-refractivity contribution in [1.29, 1.82) is 0 Å². The van der Waals surface area contributed by atoms with Crippen molar-refractivity contribution in [3.8, 4) is 5.75 Å². The number of nitrogens with one attached hydrogen (secondary N) is 2. The fraction of sp³-hybridized carbons (Fsp3) is 0.235. The molecule has 2 aromatic rings. The monoisotopic (exact) mass is 348 g/mol. The molecule has 0 bridgehead atoms. The van der Waals surface area contributed by atoms with Crippen molar-refractivity contribution < 1.29 is 17.9 Å². The fourth-order valence-corrected chi connectivity index (χ4v) is 2.85. The zero-order valence-electron chi connectivity index (χ0n) is 13.7. The molecule has 0 fully saturated rings. The molecule has 2 N–H and O–H groups in total. The molecule has 0 spiro atoms. The Morgan fingerprint density at radius 3 is 2.29 bits per heavy atom. The minimum atomic E-state index is -3.40. The van der Waals surface area contributed by atoms with Gasteiger partial charge in [-0.2, -0.15) is 0 Å². The second-order valence-corrected chi connectivity index (χ2v) is 7.13. The Bertz CT molecular complexity index is 817. The molecule has 0 saturated heterocycles. The second-order valence-electron chi connectivity index (χ2n) is 5.39. The standard InChI is InChI=1S/C17H20N2O4S/c1-12(15-6-4-5-7-16(15)19-24(3,21)22)18-17(20)13-8-10-14(23-2)11-9-13/h4-12,19H,1-3H3,(H,18,20)/t12-/m0/s1. The van der Waals surface area contributed by atoms with Crippen LogP contribution in [-0.2, 0) is 10.0 Å². The molecular formula is C17H20N2O4S. The molecule has 0 unspecified atom stereocenters. The number of rotatable bonds is 6. The van der Waals surface area contributed by atoms with E-state index in [9.17, 15) is 13.2 Å². The Labute approximate surface area is 141 Å². The molecule has 2 aromatic carbocycles. The fourth-order valence-electron chi connectivity index (χ4n) is 2.27. The van der Waals surface area contributed by atoms with Crippen molar-refractivity contribution in [2.24, 2.45) is 0 Å². The first-order chi connectivity index (χ1) is 11.3. The molecule has 0 aliphatic heterocycles. The summed E-state index contributed by atoms with van der Waals surface area (Å²) in [4.78, 5) is 12.3. The Hall–Kier alpha value is -2.54. The van der Waals surface area contributed by atoms with Crippen LogP contribution in [0.25, 0.3) is 0 Å². The minimum absolute atomic E-state index is 0.251. The van der Waals surface area contributed by atoms with Gasteiger partial charge in [0.15, 0.2) is 0 Å². The molecular weight excluding hydrogens is 328 g/mol. The first-order valence-corrected chi connectivity index (χ1v) is 9.21. The van der Waals surface area contributed by atoms with Crippen LogP contribution < -0.4 is 14.8 Å².